The summed E-state index contributed by atoms with van der Waals surface area (Å²) in [5, 5.41) is 3.72. The molecular formula is C22H28N2O6S. The SMILES string of the molecule is Cc1ccc(C(=O)[C@H](C)OC(=O)C2CCN(S(=O)(=O)c3c(C)noc3C)CC2)cc1C. The number of ketones is 1. The van der Waals surface area contributed by atoms with Crippen LogP contribution in [0.25, 0.3) is 0 Å². The molecule has 0 aliphatic carbocycles. The number of aryl methyl sites for hydroxylation is 4. The van der Waals surface area contributed by atoms with E-state index in [1.807, 2.05) is 19.9 Å². The number of benzene rings is 1. The molecule has 0 N–H and O–H groups in total. The minimum atomic E-state index is -3.74. The summed E-state index contributed by atoms with van der Waals surface area (Å²) < 4.78 is 37.6. The fourth-order valence-corrected chi connectivity index (χ4v) is 5.52. The first-order chi connectivity index (χ1) is 14.5. The molecule has 0 unspecified atom stereocenters. The summed E-state index contributed by atoms with van der Waals surface area (Å²) in [5.74, 6) is -0.933. The lowest BCUT2D eigenvalue weighted by Gasteiger charge is -2.30. The van der Waals surface area contributed by atoms with E-state index < -0.39 is 28.0 Å². The molecule has 0 bridgehead atoms. The molecule has 168 valence electrons. The molecule has 31 heavy (non-hydrogen) atoms. The number of nitrogens with zero attached hydrogens (tertiary/aromatic N) is 2. The van der Waals surface area contributed by atoms with Crippen molar-refractivity contribution in [1.29, 1.82) is 0 Å². The number of hydrogen-bond acceptors (Lipinski definition) is 7. The summed E-state index contributed by atoms with van der Waals surface area (Å²) >= 11 is 0. The largest absolute Gasteiger partial charge is 0.454 e. The molecule has 2 aromatic rings. The first kappa shape index (κ1) is 23.1. The zero-order valence-electron chi connectivity index (χ0n) is 18.5. The molecular weight excluding hydrogens is 420 g/mol. The van der Waals surface area contributed by atoms with E-state index in [4.69, 9.17) is 9.26 Å². The summed E-state index contributed by atoms with van der Waals surface area (Å²) in [6.07, 6.45) is -0.253. The average Bonchev–Trinajstić information content (AvgIpc) is 3.08. The molecule has 9 heteroatoms. The Hall–Kier alpha value is -2.52. The third-order valence-electron chi connectivity index (χ3n) is 5.81. The molecule has 1 atom stereocenters. The van der Waals surface area contributed by atoms with E-state index >= 15 is 0 Å². The van der Waals surface area contributed by atoms with Crippen LogP contribution in [0.1, 0.15) is 52.7 Å². The lowest BCUT2D eigenvalue weighted by Crippen LogP contribution is -2.41. The first-order valence-electron chi connectivity index (χ1n) is 10.3. The second-order valence-electron chi connectivity index (χ2n) is 8.07. The van der Waals surface area contributed by atoms with Gasteiger partial charge >= 0.3 is 5.97 Å². The number of Topliss-reactive ketones (excluding diaryl/α,β-unsaturated/α-hetero) is 1. The molecule has 1 aromatic heterocycles. The van der Waals surface area contributed by atoms with E-state index in [0.29, 0.717) is 24.1 Å². The number of piperidine rings is 1. The second kappa shape index (κ2) is 8.92. The fraction of sp³-hybridized carbons (Fsp3) is 0.500. The zero-order chi connectivity index (χ0) is 22.9. The van der Waals surface area contributed by atoms with Crippen molar-refractivity contribution in [2.75, 3.05) is 13.1 Å². The third-order valence-corrected chi connectivity index (χ3v) is 7.95. The molecule has 1 fully saturated rings. The highest BCUT2D eigenvalue weighted by Crippen LogP contribution is 2.28. The number of sulfonamides is 1. The molecule has 3 rings (SSSR count). The Morgan fingerprint density at radius 3 is 2.32 bits per heavy atom. The number of carbonyl (C=O) groups excluding carboxylic acids is 2. The van der Waals surface area contributed by atoms with Crippen molar-refractivity contribution in [3.05, 3.63) is 46.3 Å². The number of ether oxygens (including phenoxy) is 1. The van der Waals surface area contributed by atoms with Crippen LogP contribution in [0.3, 0.4) is 0 Å². The lowest BCUT2D eigenvalue weighted by atomic mass is 9.98. The van der Waals surface area contributed by atoms with Gasteiger partial charge in [-0.3, -0.25) is 9.59 Å². The van der Waals surface area contributed by atoms with Crippen molar-refractivity contribution in [2.24, 2.45) is 5.92 Å². The van der Waals surface area contributed by atoms with E-state index in [9.17, 15) is 18.0 Å². The Morgan fingerprint density at radius 1 is 1.13 bits per heavy atom. The van der Waals surface area contributed by atoms with Crippen LogP contribution < -0.4 is 0 Å². The van der Waals surface area contributed by atoms with Gasteiger partial charge in [-0.05, 0) is 64.7 Å². The van der Waals surface area contributed by atoms with Gasteiger partial charge in [-0.25, -0.2) is 8.42 Å². The summed E-state index contributed by atoms with van der Waals surface area (Å²) in [6.45, 7) is 8.97. The Balaban J connectivity index is 1.60. The van der Waals surface area contributed by atoms with Gasteiger partial charge in [0.15, 0.2) is 11.9 Å². The number of carbonyl (C=O) groups is 2. The van der Waals surface area contributed by atoms with E-state index in [1.165, 1.54) is 4.31 Å². The third kappa shape index (κ3) is 4.72. The molecule has 2 heterocycles. The molecule has 1 aliphatic heterocycles. The molecule has 0 saturated carbocycles. The van der Waals surface area contributed by atoms with Crippen molar-refractivity contribution in [1.82, 2.24) is 9.46 Å². The highest BCUT2D eigenvalue weighted by atomic mass is 32.2. The lowest BCUT2D eigenvalue weighted by molar-refractivity contribution is -0.152. The summed E-state index contributed by atoms with van der Waals surface area (Å²) in [6, 6.07) is 5.39. The number of rotatable bonds is 6. The monoisotopic (exact) mass is 448 g/mol. The van der Waals surface area contributed by atoms with Gasteiger partial charge in [0.05, 0.1) is 5.92 Å². The van der Waals surface area contributed by atoms with Crippen LogP contribution in [-0.2, 0) is 19.6 Å². The highest BCUT2D eigenvalue weighted by molar-refractivity contribution is 7.89. The maximum absolute atomic E-state index is 12.9. The normalized spacial score (nSPS) is 16.8. The summed E-state index contributed by atoms with van der Waals surface area (Å²) in [7, 11) is -3.74. The van der Waals surface area contributed by atoms with Crippen molar-refractivity contribution in [3.8, 4) is 0 Å². The van der Waals surface area contributed by atoms with Crippen LogP contribution >= 0.6 is 0 Å². The first-order valence-corrected chi connectivity index (χ1v) is 11.7. The molecule has 0 radical (unpaired) electrons. The Morgan fingerprint density at radius 2 is 1.77 bits per heavy atom. The van der Waals surface area contributed by atoms with E-state index in [2.05, 4.69) is 5.16 Å². The quantitative estimate of drug-likeness (QED) is 0.494. The van der Waals surface area contributed by atoms with Gasteiger partial charge in [0, 0.05) is 18.7 Å². The van der Waals surface area contributed by atoms with Gasteiger partial charge in [-0.15, -0.1) is 0 Å². The van der Waals surface area contributed by atoms with Crippen LogP contribution in [-0.4, -0.2) is 48.8 Å². The van der Waals surface area contributed by atoms with Gasteiger partial charge in [0.1, 0.15) is 10.6 Å². The number of hydrogen-bond donors (Lipinski definition) is 0. The van der Waals surface area contributed by atoms with Crippen LogP contribution in [0.2, 0.25) is 0 Å². The van der Waals surface area contributed by atoms with Gasteiger partial charge in [0.2, 0.25) is 15.8 Å². The molecule has 0 amide bonds. The predicted molar refractivity (Wildman–Crippen MR) is 113 cm³/mol. The molecule has 1 aliphatic rings. The van der Waals surface area contributed by atoms with Crippen LogP contribution in [0.4, 0.5) is 0 Å². The second-order valence-corrected chi connectivity index (χ2v) is 9.95. The standard InChI is InChI=1S/C22H28N2O6S/c1-13-6-7-19(12-14(13)2)20(25)16(4)29-22(26)18-8-10-24(11-9-18)31(27,28)21-15(3)23-30-17(21)5/h6-7,12,16,18H,8-11H2,1-5H3/t16-/m0/s1. The maximum atomic E-state index is 12.9. The maximum Gasteiger partial charge on any atom is 0.309 e. The number of aromatic nitrogens is 1. The Bertz CT molecular complexity index is 1080. The average molecular weight is 449 g/mol. The van der Waals surface area contributed by atoms with E-state index in [-0.39, 0.29) is 29.5 Å². The molecule has 1 aromatic carbocycles. The predicted octanol–water partition coefficient (Wildman–Crippen LogP) is 3.12. The van der Waals surface area contributed by atoms with Crippen LogP contribution in [0.15, 0.2) is 27.6 Å². The van der Waals surface area contributed by atoms with Crippen molar-refractivity contribution in [2.45, 2.75) is 58.5 Å². The Kier molecular flexibility index (Phi) is 6.66. The van der Waals surface area contributed by atoms with E-state index in [0.717, 1.165) is 11.1 Å². The minimum absolute atomic E-state index is 0.0844. The van der Waals surface area contributed by atoms with Gasteiger partial charge in [-0.2, -0.15) is 4.31 Å². The van der Waals surface area contributed by atoms with E-state index in [1.54, 1.807) is 32.9 Å². The van der Waals surface area contributed by atoms with Gasteiger partial charge < -0.3 is 9.26 Å². The fourth-order valence-electron chi connectivity index (χ4n) is 3.76. The van der Waals surface area contributed by atoms with Crippen molar-refractivity contribution < 1.29 is 27.3 Å². The molecule has 0 spiro atoms. The van der Waals surface area contributed by atoms with Gasteiger partial charge in [0.25, 0.3) is 0 Å². The van der Waals surface area contributed by atoms with Crippen LogP contribution in [0.5, 0.6) is 0 Å². The van der Waals surface area contributed by atoms with Crippen molar-refractivity contribution in [3.63, 3.8) is 0 Å². The summed E-state index contributed by atoms with van der Waals surface area (Å²) in [4.78, 5) is 25.3. The van der Waals surface area contributed by atoms with Crippen molar-refractivity contribution >= 4 is 21.8 Å². The van der Waals surface area contributed by atoms with Crippen LogP contribution in [0, 0.1) is 33.6 Å². The minimum Gasteiger partial charge on any atom is -0.454 e. The Labute approximate surface area is 182 Å². The summed E-state index contributed by atoms with van der Waals surface area (Å²) in [5.41, 5.74) is 2.90. The molecule has 8 nitrogen and oxygen atoms in total. The zero-order valence-corrected chi connectivity index (χ0v) is 19.3. The highest BCUT2D eigenvalue weighted by Gasteiger charge is 2.36. The number of esters is 1. The topological polar surface area (TPSA) is 107 Å². The van der Waals surface area contributed by atoms with Gasteiger partial charge in [-0.1, -0.05) is 17.3 Å². The smallest absolute Gasteiger partial charge is 0.309 e. The molecule has 1 saturated heterocycles.